The van der Waals surface area contributed by atoms with E-state index >= 15 is 0 Å². The van der Waals surface area contributed by atoms with Crippen LogP contribution in [0.4, 0.5) is 4.39 Å². The molecule has 5 rings (SSSR count). The van der Waals surface area contributed by atoms with Crippen LogP contribution in [0.2, 0.25) is 5.02 Å². The Morgan fingerprint density at radius 3 is 2.44 bits per heavy atom. The second kappa shape index (κ2) is 11.8. The van der Waals surface area contributed by atoms with E-state index < -0.39 is 5.82 Å². The van der Waals surface area contributed by atoms with E-state index in [2.05, 4.69) is 0 Å². The van der Waals surface area contributed by atoms with Crippen molar-refractivity contribution in [3.05, 3.63) is 106 Å². The minimum Gasteiger partial charge on any atom is -0.507 e. The van der Waals surface area contributed by atoms with Gasteiger partial charge in [-0.1, -0.05) is 38.4 Å². The molecule has 8 heteroatoms. The van der Waals surface area contributed by atoms with E-state index in [-0.39, 0.29) is 35.0 Å². The number of aromatic hydroxyl groups is 1. The summed E-state index contributed by atoms with van der Waals surface area (Å²) >= 11 is 7.28. The second-order valence-corrected chi connectivity index (χ2v) is 13.8. The van der Waals surface area contributed by atoms with Crippen LogP contribution in [0.15, 0.2) is 47.3 Å². The molecule has 224 valence electrons. The summed E-state index contributed by atoms with van der Waals surface area (Å²) in [5.41, 5.74) is 3.93. The van der Waals surface area contributed by atoms with Gasteiger partial charge in [-0.25, -0.2) is 4.39 Å². The van der Waals surface area contributed by atoms with Crippen LogP contribution < -0.4 is 19.5 Å². The van der Waals surface area contributed by atoms with Crippen molar-refractivity contribution >= 4 is 40.9 Å². The predicted molar refractivity (Wildman–Crippen MR) is 172 cm³/mol. The molecular weight excluding hydrogens is 585 g/mol. The van der Waals surface area contributed by atoms with Crippen molar-refractivity contribution in [3.63, 3.8) is 0 Å². The largest absolute Gasteiger partial charge is 0.507 e. The van der Waals surface area contributed by atoms with Gasteiger partial charge in [0.15, 0.2) is 5.78 Å². The monoisotopic (exact) mass is 619 g/mol. The minimum absolute atomic E-state index is 0.00564. The van der Waals surface area contributed by atoms with E-state index in [1.807, 2.05) is 47.6 Å². The quantitative estimate of drug-likeness (QED) is 0.240. The number of benzene rings is 3. The van der Waals surface area contributed by atoms with Gasteiger partial charge < -0.3 is 9.84 Å². The van der Waals surface area contributed by atoms with E-state index in [4.69, 9.17) is 16.3 Å². The van der Waals surface area contributed by atoms with Crippen LogP contribution in [0.5, 0.6) is 17.2 Å². The van der Waals surface area contributed by atoms with Crippen molar-refractivity contribution in [1.82, 2.24) is 4.57 Å². The number of rotatable bonds is 7. The molecule has 0 saturated heterocycles. The molecule has 0 atom stereocenters. The van der Waals surface area contributed by atoms with Crippen LogP contribution in [-0.2, 0) is 16.8 Å². The maximum absolute atomic E-state index is 14.5. The van der Waals surface area contributed by atoms with Gasteiger partial charge in [0.05, 0.1) is 11.1 Å². The summed E-state index contributed by atoms with van der Waals surface area (Å²) in [5.74, 6) is 0.654. The summed E-state index contributed by atoms with van der Waals surface area (Å²) in [6, 6.07) is 11.3. The summed E-state index contributed by atoms with van der Waals surface area (Å²) in [6.45, 7) is 12.0. The van der Waals surface area contributed by atoms with Gasteiger partial charge in [0.25, 0.3) is 5.56 Å². The number of phenolic OH excluding ortho intramolecular Hbond substituents is 1. The molecule has 5 nitrogen and oxygen atoms in total. The highest BCUT2D eigenvalue weighted by molar-refractivity contribution is 7.07. The van der Waals surface area contributed by atoms with Crippen molar-refractivity contribution in [2.24, 2.45) is 5.92 Å². The van der Waals surface area contributed by atoms with Gasteiger partial charge in [-0.3, -0.25) is 14.2 Å². The summed E-state index contributed by atoms with van der Waals surface area (Å²) in [4.78, 5) is 26.8. The van der Waals surface area contributed by atoms with Gasteiger partial charge >= 0.3 is 0 Å². The fourth-order valence-electron chi connectivity index (χ4n) is 5.10. The minimum atomic E-state index is -0.473. The number of ketones is 1. The van der Waals surface area contributed by atoms with Crippen molar-refractivity contribution in [3.8, 4) is 17.2 Å². The van der Waals surface area contributed by atoms with Crippen LogP contribution in [0, 0.1) is 32.5 Å². The number of carbonyl (C=O) groups is 1. The number of ether oxygens (including phenoxy) is 1. The Morgan fingerprint density at radius 1 is 1.09 bits per heavy atom. The lowest BCUT2D eigenvalue weighted by molar-refractivity contribution is -0.114. The molecule has 3 aromatic carbocycles. The average Bonchev–Trinajstić information content (AvgIpc) is 3.74. The Labute approximate surface area is 259 Å². The van der Waals surface area contributed by atoms with Crippen molar-refractivity contribution in [1.29, 1.82) is 0 Å². The van der Waals surface area contributed by atoms with Crippen LogP contribution in [-0.4, -0.2) is 15.5 Å². The molecule has 0 radical (unpaired) electrons. The molecule has 1 heterocycles. The third-order valence-electron chi connectivity index (χ3n) is 7.82. The molecule has 1 aliphatic rings. The number of thiazole rings is 1. The molecule has 0 amide bonds. The maximum atomic E-state index is 14.5. The number of nitrogens with zero attached hydrogens (tertiary/aromatic N) is 1. The normalized spacial score (nSPS) is 14.4. The lowest BCUT2D eigenvalue weighted by atomic mass is 9.82. The van der Waals surface area contributed by atoms with Crippen LogP contribution in [0.3, 0.4) is 0 Å². The molecule has 0 unspecified atom stereocenters. The van der Waals surface area contributed by atoms with Crippen molar-refractivity contribution < 1.29 is 19.0 Å². The van der Waals surface area contributed by atoms with E-state index in [0.29, 0.717) is 36.8 Å². The summed E-state index contributed by atoms with van der Waals surface area (Å²) in [6.07, 6.45) is 4.85. The van der Waals surface area contributed by atoms with Gasteiger partial charge in [-0.2, -0.15) is 0 Å². The smallest absolute Gasteiger partial charge is 0.269 e. The van der Waals surface area contributed by atoms with Crippen molar-refractivity contribution in [2.45, 2.75) is 66.3 Å². The topological polar surface area (TPSA) is 68.5 Å². The maximum Gasteiger partial charge on any atom is 0.269 e. The van der Waals surface area contributed by atoms with Gasteiger partial charge in [0.1, 0.15) is 27.7 Å². The first-order valence-corrected chi connectivity index (χ1v) is 15.5. The number of hydrogen-bond acceptors (Lipinski definition) is 5. The van der Waals surface area contributed by atoms with E-state index in [1.165, 1.54) is 29.5 Å². The molecule has 0 aliphatic heterocycles. The van der Waals surface area contributed by atoms with Crippen molar-refractivity contribution in [2.75, 3.05) is 0 Å². The average molecular weight is 620 g/mol. The predicted octanol–water partition coefficient (Wildman–Crippen LogP) is 7.06. The standard InChI is InChI=1S/C35H35ClFNO4S/c1-19-14-27(35(4,5)6)33(40)21(3)26(19)18-38-32(17-28(39)22-7-8-22)43-31(34(38)41)16-23-15-25(37)10-12-30(23)42-29-11-9-24(36)13-20(29)2/h9-17,22,40H,7-8,18H2,1-6H3/b31-16-,32-17-. The first kappa shape index (κ1) is 30.8. The molecular formula is C35H35ClFNO4S. The number of phenols is 1. The first-order valence-electron chi connectivity index (χ1n) is 14.3. The zero-order valence-electron chi connectivity index (χ0n) is 25.2. The van der Waals surface area contributed by atoms with E-state index in [1.54, 1.807) is 34.9 Å². The Bertz CT molecular complexity index is 1930. The zero-order chi connectivity index (χ0) is 31.2. The molecule has 4 aromatic rings. The van der Waals surface area contributed by atoms with Gasteiger partial charge in [0, 0.05) is 22.6 Å². The van der Waals surface area contributed by atoms with Crippen LogP contribution in [0.1, 0.15) is 67.0 Å². The molecule has 0 bridgehead atoms. The highest BCUT2D eigenvalue weighted by Crippen LogP contribution is 2.37. The third kappa shape index (κ3) is 6.63. The van der Waals surface area contributed by atoms with E-state index in [0.717, 1.165) is 35.1 Å². The molecule has 1 saturated carbocycles. The Kier molecular flexibility index (Phi) is 8.43. The van der Waals surface area contributed by atoms with Gasteiger partial charge in [-0.05, 0) is 109 Å². The summed E-state index contributed by atoms with van der Waals surface area (Å²) in [5, 5.41) is 11.7. The zero-order valence-corrected chi connectivity index (χ0v) is 26.8. The van der Waals surface area contributed by atoms with Crippen LogP contribution in [0.25, 0.3) is 12.2 Å². The molecule has 43 heavy (non-hydrogen) atoms. The van der Waals surface area contributed by atoms with E-state index in [9.17, 15) is 19.1 Å². The molecule has 0 spiro atoms. The van der Waals surface area contributed by atoms with Gasteiger partial charge in [0.2, 0.25) is 0 Å². The summed E-state index contributed by atoms with van der Waals surface area (Å²) < 4.78 is 23.0. The first-order chi connectivity index (χ1) is 20.2. The highest BCUT2D eigenvalue weighted by Gasteiger charge is 2.28. The lowest BCUT2D eigenvalue weighted by Gasteiger charge is -2.24. The highest BCUT2D eigenvalue weighted by atomic mass is 35.5. The molecule has 1 aliphatic carbocycles. The van der Waals surface area contributed by atoms with Crippen LogP contribution >= 0.6 is 22.9 Å². The number of halogens is 2. The molecule has 1 aromatic heterocycles. The molecule has 1 fully saturated rings. The Morgan fingerprint density at radius 2 is 1.79 bits per heavy atom. The fraction of sp³-hybridized carbons (Fsp3) is 0.314. The second-order valence-electron chi connectivity index (χ2n) is 12.3. The number of Topliss-reactive ketones (excluding diaryl/α,β-unsaturated/α-hetero) is 1. The third-order valence-corrected chi connectivity index (χ3v) is 9.12. The number of aryl methyl sites for hydroxylation is 2. The Balaban J connectivity index is 1.65. The number of hydrogen-bond donors (Lipinski definition) is 1. The van der Waals surface area contributed by atoms with Gasteiger partial charge in [-0.15, -0.1) is 11.3 Å². The SMILES string of the molecule is Cc1cc(Cl)ccc1Oc1ccc(F)cc1/C=c1\s/c(=C\C(=O)C2CC2)n(Cc2c(C)cc(C(C)(C)C)c(O)c2C)c1=O. The molecule has 1 N–H and O–H groups in total. The number of aromatic nitrogens is 1. The lowest BCUT2D eigenvalue weighted by Crippen LogP contribution is -2.32. The Hall–Kier alpha value is -3.68. The fourth-order valence-corrected chi connectivity index (χ4v) is 6.37. The summed E-state index contributed by atoms with van der Waals surface area (Å²) in [7, 11) is 0. The number of carbonyl (C=O) groups excluding carboxylic acids is 1.